The number of aromatic nitrogens is 1. The third-order valence-corrected chi connectivity index (χ3v) is 3.66. The molecule has 0 bridgehead atoms. The minimum atomic E-state index is -0.210. The first-order valence-electron chi connectivity index (χ1n) is 4.72. The molecule has 1 aromatic heterocycles. The monoisotopic (exact) mass is 248 g/mol. The highest BCUT2D eigenvalue weighted by Gasteiger charge is 2.34. The van der Waals surface area contributed by atoms with E-state index in [0.717, 1.165) is 18.2 Å². The van der Waals surface area contributed by atoms with Gasteiger partial charge in [-0.2, -0.15) is 0 Å². The van der Waals surface area contributed by atoms with Gasteiger partial charge in [0.05, 0.1) is 6.61 Å². The first-order chi connectivity index (χ1) is 7.24. The normalized spacial score (nSPS) is 25.7. The number of ether oxygens (including phenoxy) is 2. The maximum absolute atomic E-state index is 5.73. The van der Waals surface area contributed by atoms with E-state index in [2.05, 4.69) is 10.3 Å². The number of nitrogens with zero attached hydrogens (tertiary/aromatic N) is 1. The van der Waals surface area contributed by atoms with Crippen molar-refractivity contribution in [2.45, 2.75) is 12.0 Å². The summed E-state index contributed by atoms with van der Waals surface area (Å²) in [6.07, 6.45) is 0.912. The van der Waals surface area contributed by atoms with Gasteiger partial charge in [-0.25, -0.2) is 4.98 Å². The van der Waals surface area contributed by atoms with Crippen LogP contribution in [0.1, 0.15) is 6.42 Å². The van der Waals surface area contributed by atoms with Gasteiger partial charge in [-0.15, -0.1) is 11.3 Å². The molecule has 0 spiro atoms. The number of hydrogen-bond acceptors (Lipinski definition) is 5. The van der Waals surface area contributed by atoms with E-state index < -0.39 is 0 Å². The van der Waals surface area contributed by atoms with Crippen molar-refractivity contribution in [1.82, 2.24) is 4.98 Å². The van der Waals surface area contributed by atoms with Gasteiger partial charge in [0.25, 0.3) is 0 Å². The van der Waals surface area contributed by atoms with E-state index in [1.807, 2.05) is 0 Å². The Kier molecular flexibility index (Phi) is 3.45. The van der Waals surface area contributed by atoms with E-state index in [1.165, 1.54) is 11.3 Å². The molecule has 84 valence electrons. The van der Waals surface area contributed by atoms with E-state index in [4.69, 9.17) is 21.1 Å². The molecule has 1 aromatic rings. The third kappa shape index (κ3) is 2.60. The fraction of sp³-hybridized carbons (Fsp3) is 0.667. The SMILES string of the molecule is COC1(CNc2nc(Cl)cs2)CCOC1. The van der Waals surface area contributed by atoms with E-state index in [1.54, 1.807) is 12.5 Å². The lowest BCUT2D eigenvalue weighted by atomic mass is 10.0. The molecule has 0 saturated carbocycles. The Morgan fingerprint density at radius 1 is 1.80 bits per heavy atom. The van der Waals surface area contributed by atoms with Crippen molar-refractivity contribution in [3.63, 3.8) is 0 Å². The Morgan fingerprint density at radius 2 is 2.67 bits per heavy atom. The molecule has 1 aliphatic rings. The Labute approximate surface area is 97.6 Å². The van der Waals surface area contributed by atoms with Crippen molar-refractivity contribution >= 4 is 28.1 Å². The van der Waals surface area contributed by atoms with Crippen LogP contribution in [0, 0.1) is 0 Å². The molecule has 6 heteroatoms. The lowest BCUT2D eigenvalue weighted by Gasteiger charge is -2.25. The minimum Gasteiger partial charge on any atom is -0.378 e. The molecule has 1 fully saturated rings. The average molecular weight is 249 g/mol. The predicted molar refractivity (Wildman–Crippen MR) is 60.8 cm³/mol. The van der Waals surface area contributed by atoms with Crippen LogP contribution < -0.4 is 5.32 Å². The van der Waals surface area contributed by atoms with Crippen LogP contribution in [0.25, 0.3) is 0 Å². The molecule has 1 N–H and O–H groups in total. The summed E-state index contributed by atoms with van der Waals surface area (Å²) in [4.78, 5) is 4.11. The van der Waals surface area contributed by atoms with Crippen LogP contribution in [0.4, 0.5) is 5.13 Å². The van der Waals surface area contributed by atoms with E-state index in [9.17, 15) is 0 Å². The molecule has 1 unspecified atom stereocenters. The number of halogens is 1. The molecule has 0 aliphatic carbocycles. The zero-order valence-corrected chi connectivity index (χ0v) is 10.0. The second-order valence-electron chi connectivity index (χ2n) is 3.52. The van der Waals surface area contributed by atoms with Gasteiger partial charge < -0.3 is 14.8 Å². The van der Waals surface area contributed by atoms with Crippen LogP contribution in [0.2, 0.25) is 5.15 Å². The maximum Gasteiger partial charge on any atom is 0.184 e. The van der Waals surface area contributed by atoms with Crippen LogP contribution in [0.3, 0.4) is 0 Å². The minimum absolute atomic E-state index is 0.210. The zero-order valence-electron chi connectivity index (χ0n) is 8.46. The third-order valence-electron chi connectivity index (χ3n) is 2.54. The average Bonchev–Trinajstić information content (AvgIpc) is 2.85. The summed E-state index contributed by atoms with van der Waals surface area (Å²) in [5.74, 6) is 0. The van der Waals surface area contributed by atoms with Crippen molar-refractivity contribution in [1.29, 1.82) is 0 Å². The predicted octanol–water partition coefficient (Wildman–Crippen LogP) is 2.01. The highest BCUT2D eigenvalue weighted by molar-refractivity contribution is 7.14. The highest BCUT2D eigenvalue weighted by Crippen LogP contribution is 2.25. The Hall–Kier alpha value is -0.360. The fourth-order valence-corrected chi connectivity index (χ4v) is 2.37. The maximum atomic E-state index is 5.73. The number of anilines is 1. The van der Waals surface area contributed by atoms with Gasteiger partial charge in [-0.1, -0.05) is 11.6 Å². The number of hydrogen-bond donors (Lipinski definition) is 1. The largest absolute Gasteiger partial charge is 0.378 e. The highest BCUT2D eigenvalue weighted by atomic mass is 35.5. The summed E-state index contributed by atoms with van der Waals surface area (Å²) in [5, 5.41) is 6.36. The van der Waals surface area contributed by atoms with Gasteiger partial charge in [0.2, 0.25) is 0 Å². The first kappa shape index (κ1) is 11.1. The molecule has 2 rings (SSSR count). The molecular formula is C9H13ClN2O2S. The molecule has 1 aliphatic heterocycles. The second-order valence-corrected chi connectivity index (χ2v) is 4.76. The van der Waals surface area contributed by atoms with E-state index >= 15 is 0 Å². The summed E-state index contributed by atoms with van der Waals surface area (Å²) in [6.45, 7) is 2.09. The number of thiazole rings is 1. The molecule has 15 heavy (non-hydrogen) atoms. The van der Waals surface area contributed by atoms with Crippen LogP contribution in [0.5, 0.6) is 0 Å². The summed E-state index contributed by atoms with van der Waals surface area (Å²) >= 11 is 7.22. The number of rotatable bonds is 4. The van der Waals surface area contributed by atoms with Crippen molar-refractivity contribution < 1.29 is 9.47 Å². The van der Waals surface area contributed by atoms with Gasteiger partial charge in [0, 0.05) is 32.1 Å². The van der Waals surface area contributed by atoms with Gasteiger partial charge in [0.15, 0.2) is 5.13 Å². The van der Waals surface area contributed by atoms with Crippen LogP contribution in [-0.2, 0) is 9.47 Å². The topological polar surface area (TPSA) is 43.4 Å². The summed E-state index contributed by atoms with van der Waals surface area (Å²) < 4.78 is 10.8. The van der Waals surface area contributed by atoms with Crippen molar-refractivity contribution in [3.05, 3.63) is 10.5 Å². The van der Waals surface area contributed by atoms with Crippen LogP contribution in [0.15, 0.2) is 5.38 Å². The Bertz CT molecular complexity index is 326. The van der Waals surface area contributed by atoms with E-state index in [0.29, 0.717) is 18.3 Å². The molecule has 2 heterocycles. The molecule has 0 radical (unpaired) electrons. The Morgan fingerprint density at radius 3 is 3.20 bits per heavy atom. The quantitative estimate of drug-likeness (QED) is 0.885. The summed E-state index contributed by atoms with van der Waals surface area (Å²) in [6, 6.07) is 0. The van der Waals surface area contributed by atoms with Gasteiger partial charge in [-0.3, -0.25) is 0 Å². The first-order valence-corrected chi connectivity index (χ1v) is 5.98. The smallest absolute Gasteiger partial charge is 0.184 e. The molecule has 4 nitrogen and oxygen atoms in total. The van der Waals surface area contributed by atoms with Crippen molar-refractivity contribution in [2.75, 3.05) is 32.2 Å². The Balaban J connectivity index is 1.91. The van der Waals surface area contributed by atoms with Gasteiger partial charge >= 0.3 is 0 Å². The molecule has 1 saturated heterocycles. The molecular weight excluding hydrogens is 236 g/mol. The summed E-state index contributed by atoms with van der Waals surface area (Å²) in [5.41, 5.74) is -0.210. The van der Waals surface area contributed by atoms with E-state index in [-0.39, 0.29) is 5.60 Å². The molecule has 1 atom stereocenters. The van der Waals surface area contributed by atoms with Crippen LogP contribution >= 0.6 is 22.9 Å². The number of methoxy groups -OCH3 is 1. The zero-order chi connectivity index (χ0) is 10.7. The summed E-state index contributed by atoms with van der Waals surface area (Å²) in [7, 11) is 1.71. The number of nitrogens with one attached hydrogen (secondary N) is 1. The van der Waals surface area contributed by atoms with Crippen molar-refractivity contribution in [2.24, 2.45) is 0 Å². The second kappa shape index (κ2) is 4.65. The van der Waals surface area contributed by atoms with Crippen molar-refractivity contribution in [3.8, 4) is 0 Å². The fourth-order valence-electron chi connectivity index (χ4n) is 1.53. The van der Waals surface area contributed by atoms with Gasteiger partial charge in [-0.05, 0) is 0 Å². The van der Waals surface area contributed by atoms with Crippen LogP contribution in [-0.4, -0.2) is 37.5 Å². The lowest BCUT2D eigenvalue weighted by molar-refractivity contribution is -0.00620. The molecule has 0 aromatic carbocycles. The van der Waals surface area contributed by atoms with Gasteiger partial charge in [0.1, 0.15) is 10.8 Å². The standard InChI is InChI=1S/C9H13ClN2O2S/c1-13-9(2-3-14-6-9)5-11-8-12-7(10)4-15-8/h4H,2-3,5-6H2,1H3,(H,11,12). The lowest BCUT2D eigenvalue weighted by Crippen LogP contribution is -2.39. The molecule has 0 amide bonds.